The predicted molar refractivity (Wildman–Crippen MR) is 110 cm³/mol. The van der Waals surface area contributed by atoms with Gasteiger partial charge in [-0.05, 0) is 36.6 Å². The van der Waals surface area contributed by atoms with E-state index in [0.717, 1.165) is 22.3 Å². The Kier molecular flexibility index (Phi) is 5.51. The number of thiophene rings is 1. The van der Waals surface area contributed by atoms with Gasteiger partial charge in [-0.1, -0.05) is 13.8 Å². The quantitative estimate of drug-likeness (QED) is 0.659. The third-order valence-electron chi connectivity index (χ3n) is 4.12. The van der Waals surface area contributed by atoms with Crippen LogP contribution < -0.4 is 20.5 Å². The van der Waals surface area contributed by atoms with Gasteiger partial charge in [0.1, 0.15) is 9.71 Å². The zero-order chi connectivity index (χ0) is 19.6. The molecule has 0 saturated carbocycles. The topological polar surface area (TPSA) is 86.5 Å². The molecule has 0 atom stereocenters. The highest BCUT2D eigenvalue weighted by Crippen LogP contribution is 2.34. The van der Waals surface area contributed by atoms with Gasteiger partial charge in [0.2, 0.25) is 0 Å². The van der Waals surface area contributed by atoms with E-state index in [1.54, 1.807) is 32.4 Å². The second-order valence-electron chi connectivity index (χ2n) is 6.62. The molecule has 7 heteroatoms. The van der Waals surface area contributed by atoms with Crippen molar-refractivity contribution in [3.8, 4) is 11.5 Å². The number of hydrogen-bond donors (Lipinski definition) is 2. The summed E-state index contributed by atoms with van der Waals surface area (Å²) in [6.07, 6.45) is 0.890. The van der Waals surface area contributed by atoms with Gasteiger partial charge in [0.25, 0.3) is 5.91 Å². The normalized spacial score (nSPS) is 11.0. The Morgan fingerprint density at radius 2 is 1.93 bits per heavy atom. The van der Waals surface area contributed by atoms with Gasteiger partial charge in [-0.3, -0.25) is 4.79 Å². The summed E-state index contributed by atoms with van der Waals surface area (Å²) in [6, 6.07) is 9.12. The maximum Gasteiger partial charge on any atom is 0.267 e. The monoisotopic (exact) mass is 385 g/mol. The van der Waals surface area contributed by atoms with E-state index in [0.29, 0.717) is 33.7 Å². The number of benzene rings is 1. The van der Waals surface area contributed by atoms with Crippen molar-refractivity contribution in [2.24, 2.45) is 5.92 Å². The molecule has 1 aromatic carbocycles. The third-order valence-corrected chi connectivity index (χ3v) is 5.23. The number of fused-ring (bicyclic) bond motifs is 1. The Bertz CT molecular complexity index is 982. The minimum absolute atomic E-state index is 0.270. The molecule has 0 aliphatic rings. The molecule has 3 N–H and O–H groups in total. The highest BCUT2D eigenvalue weighted by Gasteiger charge is 2.18. The van der Waals surface area contributed by atoms with E-state index in [2.05, 4.69) is 24.1 Å². The zero-order valence-electron chi connectivity index (χ0n) is 15.8. The third kappa shape index (κ3) is 3.98. The predicted octanol–water partition coefficient (Wildman–Crippen LogP) is 4.35. The van der Waals surface area contributed by atoms with Crippen LogP contribution in [0.2, 0.25) is 0 Å². The molecule has 142 valence electrons. The molecular weight excluding hydrogens is 362 g/mol. The molecule has 0 bridgehead atoms. The standard InChI is InChI=1S/C20H23N3O3S/c1-11(2)9-12-5-7-14-17(21)18(27-20(14)23-12)19(24)22-13-6-8-15(25-3)16(10-13)26-4/h5-8,10-11H,9,21H2,1-4H3,(H,22,24). The summed E-state index contributed by atoms with van der Waals surface area (Å²) in [7, 11) is 3.11. The second-order valence-corrected chi connectivity index (χ2v) is 7.62. The fourth-order valence-electron chi connectivity index (χ4n) is 2.84. The SMILES string of the molecule is COc1ccc(NC(=O)c2sc3nc(CC(C)C)ccc3c2N)cc1OC. The molecule has 0 saturated heterocycles. The molecule has 0 spiro atoms. The molecule has 0 unspecified atom stereocenters. The molecule has 27 heavy (non-hydrogen) atoms. The number of aromatic nitrogens is 1. The molecule has 0 radical (unpaired) electrons. The number of amides is 1. The van der Waals surface area contributed by atoms with Crippen molar-refractivity contribution in [3.05, 3.63) is 40.9 Å². The first-order valence-corrected chi connectivity index (χ1v) is 9.45. The van der Waals surface area contributed by atoms with E-state index in [9.17, 15) is 4.79 Å². The minimum Gasteiger partial charge on any atom is -0.493 e. The number of rotatable bonds is 6. The van der Waals surface area contributed by atoms with E-state index < -0.39 is 0 Å². The Labute approximate surface area is 162 Å². The lowest BCUT2D eigenvalue weighted by atomic mass is 10.1. The van der Waals surface area contributed by atoms with Crippen molar-refractivity contribution in [2.75, 3.05) is 25.3 Å². The van der Waals surface area contributed by atoms with E-state index in [-0.39, 0.29) is 5.91 Å². The number of nitrogens with one attached hydrogen (secondary N) is 1. The zero-order valence-corrected chi connectivity index (χ0v) is 16.6. The van der Waals surface area contributed by atoms with Crippen LogP contribution in [0.25, 0.3) is 10.2 Å². The lowest BCUT2D eigenvalue weighted by molar-refractivity contribution is 0.103. The van der Waals surface area contributed by atoms with Crippen LogP contribution >= 0.6 is 11.3 Å². The van der Waals surface area contributed by atoms with Gasteiger partial charge >= 0.3 is 0 Å². The summed E-state index contributed by atoms with van der Waals surface area (Å²) in [5, 5.41) is 3.67. The molecule has 6 nitrogen and oxygen atoms in total. The Balaban J connectivity index is 1.88. The highest BCUT2D eigenvalue weighted by molar-refractivity contribution is 7.21. The van der Waals surface area contributed by atoms with Crippen molar-refractivity contribution < 1.29 is 14.3 Å². The second kappa shape index (κ2) is 7.84. The lowest BCUT2D eigenvalue weighted by Crippen LogP contribution is -2.12. The Hall–Kier alpha value is -2.80. The number of methoxy groups -OCH3 is 2. The summed E-state index contributed by atoms with van der Waals surface area (Å²) in [6.45, 7) is 4.30. The molecule has 3 aromatic rings. The molecule has 1 amide bonds. The molecular formula is C20H23N3O3S. The maximum atomic E-state index is 12.7. The van der Waals surface area contributed by atoms with Crippen molar-refractivity contribution in [1.29, 1.82) is 0 Å². The van der Waals surface area contributed by atoms with Crippen LogP contribution in [-0.2, 0) is 6.42 Å². The van der Waals surface area contributed by atoms with E-state index >= 15 is 0 Å². The van der Waals surface area contributed by atoms with E-state index in [1.807, 2.05) is 12.1 Å². The number of ether oxygens (including phenoxy) is 2. The number of anilines is 2. The van der Waals surface area contributed by atoms with Crippen LogP contribution in [0.15, 0.2) is 30.3 Å². The van der Waals surface area contributed by atoms with E-state index in [4.69, 9.17) is 15.2 Å². The highest BCUT2D eigenvalue weighted by atomic mass is 32.1. The van der Waals surface area contributed by atoms with Crippen molar-refractivity contribution in [3.63, 3.8) is 0 Å². The van der Waals surface area contributed by atoms with Crippen LogP contribution in [0.1, 0.15) is 29.2 Å². The first kappa shape index (κ1) is 19.0. The summed E-state index contributed by atoms with van der Waals surface area (Å²) in [4.78, 5) is 18.6. The summed E-state index contributed by atoms with van der Waals surface area (Å²) in [5.41, 5.74) is 8.27. The van der Waals surface area contributed by atoms with Gasteiger partial charge in [-0.15, -0.1) is 11.3 Å². The number of nitrogen functional groups attached to an aromatic ring is 1. The van der Waals surface area contributed by atoms with Crippen molar-refractivity contribution in [1.82, 2.24) is 4.98 Å². The fourth-order valence-corrected chi connectivity index (χ4v) is 3.85. The van der Waals surface area contributed by atoms with Crippen LogP contribution in [0, 0.1) is 5.92 Å². The summed E-state index contributed by atoms with van der Waals surface area (Å²) >= 11 is 1.31. The molecule has 3 rings (SSSR count). The molecule has 0 fully saturated rings. The maximum absolute atomic E-state index is 12.7. The summed E-state index contributed by atoms with van der Waals surface area (Å²) < 4.78 is 10.5. The molecule has 2 heterocycles. The molecule has 0 aliphatic heterocycles. The van der Waals surface area contributed by atoms with E-state index in [1.165, 1.54) is 11.3 Å². The van der Waals surface area contributed by atoms with Gasteiger partial charge in [-0.2, -0.15) is 0 Å². The number of carbonyl (C=O) groups is 1. The average molecular weight is 385 g/mol. The molecule has 2 aromatic heterocycles. The summed E-state index contributed by atoms with van der Waals surface area (Å²) in [5.74, 6) is 1.38. The Morgan fingerprint density at radius 3 is 2.59 bits per heavy atom. The van der Waals surface area contributed by atoms with Crippen molar-refractivity contribution >= 4 is 38.8 Å². The Morgan fingerprint density at radius 1 is 1.19 bits per heavy atom. The van der Waals surface area contributed by atoms with Crippen LogP contribution in [0.5, 0.6) is 11.5 Å². The first-order chi connectivity index (χ1) is 12.9. The first-order valence-electron chi connectivity index (χ1n) is 8.64. The van der Waals surface area contributed by atoms with Crippen LogP contribution in [0.4, 0.5) is 11.4 Å². The minimum atomic E-state index is -0.270. The van der Waals surface area contributed by atoms with Gasteiger partial charge in [0.05, 0.1) is 19.9 Å². The number of pyridine rings is 1. The largest absolute Gasteiger partial charge is 0.493 e. The number of nitrogens with two attached hydrogens (primary N) is 1. The van der Waals surface area contributed by atoms with Crippen LogP contribution in [-0.4, -0.2) is 25.1 Å². The van der Waals surface area contributed by atoms with Crippen LogP contribution in [0.3, 0.4) is 0 Å². The van der Waals surface area contributed by atoms with Crippen molar-refractivity contribution in [2.45, 2.75) is 20.3 Å². The van der Waals surface area contributed by atoms with Gasteiger partial charge in [0, 0.05) is 22.8 Å². The number of carbonyl (C=O) groups excluding carboxylic acids is 1. The number of nitrogens with zero attached hydrogens (tertiary/aromatic N) is 1. The van der Waals surface area contributed by atoms with Gasteiger partial charge in [0.15, 0.2) is 11.5 Å². The van der Waals surface area contributed by atoms with Gasteiger partial charge < -0.3 is 20.5 Å². The van der Waals surface area contributed by atoms with Gasteiger partial charge in [-0.25, -0.2) is 4.98 Å². The molecule has 0 aliphatic carbocycles. The lowest BCUT2D eigenvalue weighted by Gasteiger charge is -2.10. The smallest absolute Gasteiger partial charge is 0.267 e. The average Bonchev–Trinajstić information content (AvgIpc) is 2.97. The fraction of sp³-hybridized carbons (Fsp3) is 0.300. The number of hydrogen-bond acceptors (Lipinski definition) is 6.